The normalized spacial score (nSPS) is 21.9. The third-order valence-corrected chi connectivity index (χ3v) is 4.62. The molecule has 4 heteroatoms. The number of rotatable bonds is 3. The zero-order chi connectivity index (χ0) is 15.0. The van der Waals surface area contributed by atoms with Crippen LogP contribution in [0.5, 0.6) is 0 Å². The molecule has 1 aromatic carbocycles. The Labute approximate surface area is 124 Å². The minimum Gasteiger partial charge on any atom is -0.451 e. The monoisotopic (exact) mass is 286 g/mol. The fourth-order valence-electron chi connectivity index (χ4n) is 3.39. The third kappa shape index (κ3) is 2.56. The van der Waals surface area contributed by atoms with Gasteiger partial charge in [0.2, 0.25) is 0 Å². The van der Waals surface area contributed by atoms with E-state index >= 15 is 0 Å². The van der Waals surface area contributed by atoms with E-state index in [2.05, 4.69) is 0 Å². The molecule has 0 bridgehead atoms. The van der Waals surface area contributed by atoms with Crippen molar-refractivity contribution in [2.24, 2.45) is 11.7 Å². The van der Waals surface area contributed by atoms with Gasteiger partial charge in [0.05, 0.1) is 0 Å². The van der Waals surface area contributed by atoms with Crippen molar-refractivity contribution in [3.05, 3.63) is 35.6 Å². The number of hydrogen-bond acceptors (Lipinski definition) is 3. The lowest BCUT2D eigenvalue weighted by molar-refractivity contribution is 0.0670. The predicted molar refractivity (Wildman–Crippen MR) is 83.2 cm³/mol. The topological polar surface area (TPSA) is 59.5 Å². The molecule has 1 fully saturated rings. The molecule has 2 unspecified atom stereocenters. The third-order valence-electron chi connectivity index (χ3n) is 4.62. The molecule has 1 saturated carbocycles. The van der Waals surface area contributed by atoms with E-state index in [4.69, 9.17) is 10.2 Å². The summed E-state index contributed by atoms with van der Waals surface area (Å²) in [5.74, 6) is 0.778. The Bertz CT molecular complexity index is 662. The maximum absolute atomic E-state index is 12.6. The van der Waals surface area contributed by atoms with Gasteiger partial charge in [0.1, 0.15) is 5.58 Å². The van der Waals surface area contributed by atoms with Crippen molar-refractivity contribution >= 4 is 16.9 Å². The molecular formula is C17H22N2O2. The van der Waals surface area contributed by atoms with Gasteiger partial charge in [-0.3, -0.25) is 4.79 Å². The first-order valence-corrected chi connectivity index (χ1v) is 7.57. The molecule has 1 amide bonds. The summed E-state index contributed by atoms with van der Waals surface area (Å²) in [5, 5.41) is 0.980. The first-order chi connectivity index (χ1) is 10.1. The molecule has 2 N–H and O–H groups in total. The predicted octanol–water partition coefficient (Wildman–Crippen LogP) is 2.94. The molecule has 0 aliphatic heterocycles. The molecule has 1 aliphatic carbocycles. The van der Waals surface area contributed by atoms with Crippen molar-refractivity contribution in [2.45, 2.75) is 32.2 Å². The minimum atomic E-state index is -0.0470. The number of hydrogen-bond donors (Lipinski definition) is 1. The minimum absolute atomic E-state index is 0.0470. The number of furan rings is 1. The highest BCUT2D eigenvalue weighted by atomic mass is 16.3. The number of benzene rings is 1. The molecule has 0 radical (unpaired) electrons. The lowest BCUT2D eigenvalue weighted by Gasteiger charge is -2.28. The lowest BCUT2D eigenvalue weighted by atomic mass is 10.0. The second-order valence-electron chi connectivity index (χ2n) is 6.06. The van der Waals surface area contributed by atoms with Crippen LogP contribution in [-0.4, -0.2) is 30.4 Å². The molecule has 2 aromatic rings. The molecule has 1 heterocycles. The highest BCUT2D eigenvalue weighted by Crippen LogP contribution is 2.30. The first-order valence-electron chi connectivity index (χ1n) is 7.57. The molecule has 3 rings (SSSR count). The summed E-state index contributed by atoms with van der Waals surface area (Å²) < 4.78 is 5.71. The largest absolute Gasteiger partial charge is 0.451 e. The Morgan fingerprint density at radius 1 is 1.38 bits per heavy atom. The molecule has 21 heavy (non-hydrogen) atoms. The zero-order valence-electron chi connectivity index (χ0n) is 12.6. The average Bonchev–Trinajstić information content (AvgIpc) is 3.11. The summed E-state index contributed by atoms with van der Waals surface area (Å²) in [6.07, 6.45) is 3.28. The molecule has 0 spiro atoms. The van der Waals surface area contributed by atoms with E-state index in [1.54, 1.807) is 0 Å². The summed E-state index contributed by atoms with van der Waals surface area (Å²) in [6.45, 7) is 2.67. The molecule has 2 atom stereocenters. The number of nitrogens with zero attached hydrogens (tertiary/aromatic N) is 1. The number of carbonyl (C=O) groups is 1. The van der Waals surface area contributed by atoms with Crippen LogP contribution in [0.4, 0.5) is 0 Å². The van der Waals surface area contributed by atoms with E-state index in [0.717, 1.165) is 35.8 Å². The van der Waals surface area contributed by atoms with Gasteiger partial charge in [-0.05, 0) is 50.4 Å². The SMILES string of the molecule is Cc1ccc2oc(C(=O)N(C)C3CCCC3CN)cc2c1. The van der Waals surface area contributed by atoms with Crippen LogP contribution < -0.4 is 5.73 Å². The van der Waals surface area contributed by atoms with Crippen LogP contribution in [0.25, 0.3) is 11.0 Å². The van der Waals surface area contributed by atoms with Crippen molar-refractivity contribution < 1.29 is 9.21 Å². The van der Waals surface area contributed by atoms with E-state index in [0.29, 0.717) is 18.2 Å². The molecule has 0 saturated heterocycles. The number of aryl methyl sites for hydroxylation is 1. The van der Waals surface area contributed by atoms with Gasteiger partial charge in [0.15, 0.2) is 5.76 Å². The van der Waals surface area contributed by atoms with Crippen LogP contribution in [0.1, 0.15) is 35.4 Å². The van der Waals surface area contributed by atoms with E-state index in [9.17, 15) is 4.79 Å². The standard InChI is InChI=1S/C17H22N2O2/c1-11-6-7-15-13(8-11)9-16(21-15)17(20)19(2)14-5-3-4-12(14)10-18/h6-9,12,14H,3-5,10,18H2,1-2H3. The van der Waals surface area contributed by atoms with Crippen LogP contribution in [0, 0.1) is 12.8 Å². The number of carbonyl (C=O) groups excluding carboxylic acids is 1. The zero-order valence-corrected chi connectivity index (χ0v) is 12.6. The van der Waals surface area contributed by atoms with Gasteiger partial charge in [0, 0.05) is 18.5 Å². The van der Waals surface area contributed by atoms with Gasteiger partial charge in [-0.15, -0.1) is 0 Å². The average molecular weight is 286 g/mol. The molecule has 1 aromatic heterocycles. The first kappa shape index (κ1) is 14.1. The van der Waals surface area contributed by atoms with Crippen LogP contribution in [-0.2, 0) is 0 Å². The fraction of sp³-hybridized carbons (Fsp3) is 0.471. The number of nitrogens with two attached hydrogens (primary N) is 1. The van der Waals surface area contributed by atoms with Gasteiger partial charge < -0.3 is 15.1 Å². The summed E-state index contributed by atoms with van der Waals surface area (Å²) in [5.41, 5.74) is 7.74. The summed E-state index contributed by atoms with van der Waals surface area (Å²) in [7, 11) is 1.86. The Kier molecular flexibility index (Phi) is 3.72. The summed E-state index contributed by atoms with van der Waals surface area (Å²) in [4.78, 5) is 14.5. The van der Waals surface area contributed by atoms with Crippen molar-refractivity contribution in [1.82, 2.24) is 4.90 Å². The quantitative estimate of drug-likeness (QED) is 0.943. The van der Waals surface area contributed by atoms with Gasteiger partial charge >= 0.3 is 0 Å². The van der Waals surface area contributed by atoms with E-state index in [1.165, 1.54) is 0 Å². The van der Waals surface area contributed by atoms with Crippen LogP contribution in [0.3, 0.4) is 0 Å². The smallest absolute Gasteiger partial charge is 0.289 e. The Balaban J connectivity index is 1.85. The molecule has 4 nitrogen and oxygen atoms in total. The van der Waals surface area contributed by atoms with Crippen LogP contribution in [0.15, 0.2) is 28.7 Å². The fourth-order valence-corrected chi connectivity index (χ4v) is 3.39. The summed E-state index contributed by atoms with van der Waals surface area (Å²) >= 11 is 0. The Hall–Kier alpha value is -1.81. The van der Waals surface area contributed by atoms with Gasteiger partial charge in [-0.2, -0.15) is 0 Å². The van der Waals surface area contributed by atoms with Crippen LogP contribution >= 0.6 is 0 Å². The maximum Gasteiger partial charge on any atom is 0.289 e. The van der Waals surface area contributed by atoms with Gasteiger partial charge in [-0.1, -0.05) is 18.1 Å². The van der Waals surface area contributed by atoms with Crippen molar-refractivity contribution in [3.8, 4) is 0 Å². The highest BCUT2D eigenvalue weighted by molar-refractivity contribution is 5.96. The van der Waals surface area contributed by atoms with E-state index in [-0.39, 0.29) is 11.9 Å². The lowest BCUT2D eigenvalue weighted by Crippen LogP contribution is -2.41. The molecular weight excluding hydrogens is 264 g/mol. The Morgan fingerprint density at radius 3 is 2.95 bits per heavy atom. The second-order valence-corrected chi connectivity index (χ2v) is 6.06. The van der Waals surface area contributed by atoms with Gasteiger partial charge in [-0.25, -0.2) is 0 Å². The Morgan fingerprint density at radius 2 is 2.19 bits per heavy atom. The molecule has 1 aliphatic rings. The summed E-state index contributed by atoms with van der Waals surface area (Å²) in [6, 6.07) is 8.02. The second kappa shape index (κ2) is 5.53. The molecule has 112 valence electrons. The number of amides is 1. The van der Waals surface area contributed by atoms with Crippen molar-refractivity contribution in [1.29, 1.82) is 0 Å². The maximum atomic E-state index is 12.6. The van der Waals surface area contributed by atoms with E-state index < -0.39 is 0 Å². The van der Waals surface area contributed by atoms with Crippen LogP contribution in [0.2, 0.25) is 0 Å². The number of fused-ring (bicyclic) bond motifs is 1. The van der Waals surface area contributed by atoms with Gasteiger partial charge in [0.25, 0.3) is 5.91 Å². The van der Waals surface area contributed by atoms with Crippen molar-refractivity contribution in [3.63, 3.8) is 0 Å². The highest BCUT2D eigenvalue weighted by Gasteiger charge is 2.33. The van der Waals surface area contributed by atoms with Crippen molar-refractivity contribution in [2.75, 3.05) is 13.6 Å². The van der Waals surface area contributed by atoms with E-state index in [1.807, 2.05) is 43.1 Å².